The van der Waals surface area contributed by atoms with Crippen LogP contribution >= 0.6 is 0 Å². The lowest BCUT2D eigenvalue weighted by Crippen LogP contribution is -2.42. The first-order valence-corrected chi connectivity index (χ1v) is 6.06. The molecule has 0 radical (unpaired) electrons. The number of methoxy groups -OCH3 is 1. The highest BCUT2D eigenvalue weighted by Gasteiger charge is 2.22. The van der Waals surface area contributed by atoms with Crippen LogP contribution < -0.4 is 5.32 Å². The third kappa shape index (κ3) is 6.28. The molecule has 0 saturated heterocycles. The van der Waals surface area contributed by atoms with Crippen LogP contribution in [0.15, 0.2) is 0 Å². The zero-order valence-corrected chi connectivity index (χ0v) is 11.5. The molecule has 0 aromatic rings. The van der Waals surface area contributed by atoms with Crippen molar-refractivity contribution in [3.63, 3.8) is 0 Å². The molecule has 0 aliphatic rings. The Labute approximate surface area is 104 Å². The van der Waals surface area contributed by atoms with Crippen LogP contribution in [0, 0.1) is 22.7 Å². The average Bonchev–Trinajstić information content (AvgIpc) is 2.27. The molecule has 0 spiro atoms. The summed E-state index contributed by atoms with van der Waals surface area (Å²) in [6.07, 6.45) is 1.70. The fourth-order valence-corrected chi connectivity index (χ4v) is 1.56. The first-order chi connectivity index (χ1) is 7.84. The summed E-state index contributed by atoms with van der Waals surface area (Å²) in [4.78, 5) is 11.5. The van der Waals surface area contributed by atoms with Gasteiger partial charge in [-0.25, -0.2) is 0 Å². The number of nitrogens with one attached hydrogen (secondary N) is 1. The molecule has 98 valence electrons. The van der Waals surface area contributed by atoms with Crippen molar-refractivity contribution in [1.29, 1.82) is 5.26 Å². The largest absolute Gasteiger partial charge is 0.468 e. The highest BCUT2D eigenvalue weighted by atomic mass is 16.5. The molecule has 0 heterocycles. The van der Waals surface area contributed by atoms with Gasteiger partial charge < -0.3 is 10.1 Å². The Kier molecular flexibility index (Phi) is 6.82. The zero-order chi connectivity index (χ0) is 13.5. The van der Waals surface area contributed by atoms with Gasteiger partial charge in [0.25, 0.3) is 0 Å². The summed E-state index contributed by atoms with van der Waals surface area (Å²) in [6.45, 7) is 8.53. The molecule has 0 bridgehead atoms. The van der Waals surface area contributed by atoms with E-state index < -0.39 is 0 Å². The van der Waals surface area contributed by atoms with Gasteiger partial charge in [0.15, 0.2) is 0 Å². The molecule has 0 aromatic carbocycles. The van der Waals surface area contributed by atoms with Crippen molar-refractivity contribution in [3.05, 3.63) is 0 Å². The van der Waals surface area contributed by atoms with Crippen LogP contribution in [-0.4, -0.2) is 25.7 Å². The van der Waals surface area contributed by atoms with E-state index in [0.29, 0.717) is 0 Å². The molecule has 17 heavy (non-hydrogen) atoms. The number of hydrogen-bond donors (Lipinski definition) is 1. The SMILES string of the molecule is COC(=O)C(NCCCC(C)(C)C#N)C(C)C. The molecule has 1 unspecified atom stereocenters. The molecular weight excluding hydrogens is 216 g/mol. The van der Waals surface area contributed by atoms with E-state index in [1.54, 1.807) is 0 Å². The number of carbonyl (C=O) groups excluding carboxylic acids is 1. The predicted octanol–water partition coefficient (Wildman–Crippen LogP) is 2.10. The average molecular weight is 240 g/mol. The minimum atomic E-state index is -0.291. The van der Waals surface area contributed by atoms with Crippen LogP contribution in [0.2, 0.25) is 0 Å². The molecule has 0 saturated carbocycles. The molecule has 4 nitrogen and oxygen atoms in total. The lowest BCUT2D eigenvalue weighted by Gasteiger charge is -2.21. The van der Waals surface area contributed by atoms with E-state index in [0.717, 1.165) is 19.4 Å². The van der Waals surface area contributed by atoms with Crippen LogP contribution in [0.1, 0.15) is 40.5 Å². The Bertz CT molecular complexity index is 280. The van der Waals surface area contributed by atoms with Gasteiger partial charge >= 0.3 is 5.97 Å². The lowest BCUT2D eigenvalue weighted by molar-refractivity contribution is -0.144. The summed E-state index contributed by atoms with van der Waals surface area (Å²) < 4.78 is 4.74. The van der Waals surface area contributed by atoms with Crippen LogP contribution in [0.25, 0.3) is 0 Å². The number of ether oxygens (including phenoxy) is 1. The monoisotopic (exact) mass is 240 g/mol. The van der Waals surface area contributed by atoms with Gasteiger partial charge in [-0.05, 0) is 39.2 Å². The molecule has 1 atom stereocenters. The second-order valence-corrected chi connectivity index (χ2v) is 5.30. The molecule has 0 aliphatic heterocycles. The second kappa shape index (κ2) is 7.29. The molecule has 4 heteroatoms. The predicted molar refractivity (Wildman–Crippen MR) is 67.3 cm³/mol. The number of rotatable bonds is 7. The molecular formula is C13H24N2O2. The third-order valence-electron chi connectivity index (χ3n) is 2.77. The summed E-state index contributed by atoms with van der Waals surface area (Å²) >= 11 is 0. The molecule has 0 aromatic heterocycles. The van der Waals surface area contributed by atoms with E-state index in [2.05, 4.69) is 11.4 Å². The Morgan fingerprint density at radius 2 is 2.06 bits per heavy atom. The number of hydrogen-bond acceptors (Lipinski definition) is 4. The highest BCUT2D eigenvalue weighted by Crippen LogP contribution is 2.20. The van der Waals surface area contributed by atoms with E-state index >= 15 is 0 Å². The topological polar surface area (TPSA) is 62.1 Å². The normalized spacial score (nSPS) is 13.2. The maximum atomic E-state index is 11.5. The Morgan fingerprint density at radius 3 is 2.47 bits per heavy atom. The summed E-state index contributed by atoms with van der Waals surface area (Å²) in [5.41, 5.74) is -0.291. The van der Waals surface area contributed by atoms with Gasteiger partial charge in [0.1, 0.15) is 6.04 Å². The zero-order valence-electron chi connectivity index (χ0n) is 11.5. The molecule has 0 aliphatic carbocycles. The van der Waals surface area contributed by atoms with Gasteiger partial charge in [-0.15, -0.1) is 0 Å². The summed E-state index contributed by atoms with van der Waals surface area (Å²) in [5, 5.41) is 12.1. The minimum absolute atomic E-state index is 0.200. The van der Waals surface area contributed by atoms with Crippen LogP contribution in [-0.2, 0) is 9.53 Å². The lowest BCUT2D eigenvalue weighted by atomic mass is 9.90. The van der Waals surface area contributed by atoms with E-state index in [4.69, 9.17) is 10.00 Å². The number of nitrogens with zero attached hydrogens (tertiary/aromatic N) is 1. The van der Waals surface area contributed by atoms with Gasteiger partial charge in [-0.3, -0.25) is 4.79 Å². The van der Waals surface area contributed by atoms with Crippen molar-refractivity contribution in [3.8, 4) is 6.07 Å². The first-order valence-electron chi connectivity index (χ1n) is 6.06. The molecule has 1 N–H and O–H groups in total. The second-order valence-electron chi connectivity index (χ2n) is 5.30. The van der Waals surface area contributed by atoms with E-state index in [1.165, 1.54) is 7.11 Å². The van der Waals surface area contributed by atoms with Crippen LogP contribution in [0.3, 0.4) is 0 Å². The Hall–Kier alpha value is -1.08. The number of esters is 1. The van der Waals surface area contributed by atoms with E-state index in [9.17, 15) is 4.79 Å². The van der Waals surface area contributed by atoms with Gasteiger partial charge in [0.05, 0.1) is 18.6 Å². The summed E-state index contributed by atoms with van der Waals surface area (Å²) in [6, 6.07) is 2.01. The smallest absolute Gasteiger partial charge is 0.323 e. The Balaban J connectivity index is 4.01. The van der Waals surface area contributed by atoms with Gasteiger partial charge in [-0.1, -0.05) is 13.8 Å². The van der Waals surface area contributed by atoms with Gasteiger partial charge in [0.2, 0.25) is 0 Å². The molecule has 0 fully saturated rings. The minimum Gasteiger partial charge on any atom is -0.468 e. The molecule has 0 rings (SSSR count). The van der Waals surface area contributed by atoms with Crippen LogP contribution in [0.5, 0.6) is 0 Å². The van der Waals surface area contributed by atoms with Crippen molar-refractivity contribution < 1.29 is 9.53 Å². The quantitative estimate of drug-likeness (QED) is 0.547. The van der Waals surface area contributed by atoms with E-state index in [1.807, 2.05) is 27.7 Å². The highest BCUT2D eigenvalue weighted by molar-refractivity contribution is 5.75. The fraction of sp³-hybridized carbons (Fsp3) is 0.846. The van der Waals surface area contributed by atoms with Gasteiger partial charge in [0, 0.05) is 0 Å². The summed E-state index contributed by atoms with van der Waals surface area (Å²) in [5.74, 6) is -0.0222. The third-order valence-corrected chi connectivity index (χ3v) is 2.77. The maximum absolute atomic E-state index is 11.5. The Morgan fingerprint density at radius 1 is 1.47 bits per heavy atom. The number of carbonyl (C=O) groups is 1. The van der Waals surface area contributed by atoms with Crippen LogP contribution in [0.4, 0.5) is 0 Å². The summed E-state index contributed by atoms with van der Waals surface area (Å²) in [7, 11) is 1.40. The van der Waals surface area contributed by atoms with Crippen molar-refractivity contribution in [2.24, 2.45) is 11.3 Å². The van der Waals surface area contributed by atoms with Gasteiger partial charge in [-0.2, -0.15) is 5.26 Å². The van der Waals surface area contributed by atoms with Crippen molar-refractivity contribution >= 4 is 5.97 Å². The first kappa shape index (κ1) is 15.9. The van der Waals surface area contributed by atoms with Crippen molar-refractivity contribution in [2.75, 3.05) is 13.7 Å². The van der Waals surface area contributed by atoms with Crippen molar-refractivity contribution in [1.82, 2.24) is 5.32 Å². The van der Waals surface area contributed by atoms with Crippen molar-refractivity contribution in [2.45, 2.75) is 46.6 Å². The van der Waals surface area contributed by atoms with E-state index in [-0.39, 0.29) is 23.3 Å². The number of nitriles is 1. The molecule has 0 amide bonds. The fourth-order valence-electron chi connectivity index (χ4n) is 1.56. The maximum Gasteiger partial charge on any atom is 0.323 e. The standard InChI is InChI=1S/C13H24N2O2/c1-10(2)11(12(16)17-5)15-8-6-7-13(3,4)9-14/h10-11,15H,6-8H2,1-5H3.